The fraction of sp³-hybridized carbons (Fsp3) is 0.375. The lowest BCUT2D eigenvalue weighted by Gasteiger charge is -2.09. The predicted octanol–water partition coefficient (Wildman–Crippen LogP) is 2.69. The van der Waals surface area contributed by atoms with Gasteiger partial charge in [-0.25, -0.2) is 4.39 Å². The zero-order chi connectivity index (χ0) is 9.14. The molecule has 0 unspecified atom stereocenters. The first-order valence-corrected chi connectivity index (χ1v) is 4.28. The standard InChI is InChI=1S/C8H9BrFNO/c1-5(12-2)8-7(9)3-6(10)4-11-8/h3-5H,1-2H3/t5-/m0/s1. The van der Waals surface area contributed by atoms with Crippen LogP contribution in [0.1, 0.15) is 18.7 Å². The summed E-state index contributed by atoms with van der Waals surface area (Å²) in [6.45, 7) is 1.85. The molecular weight excluding hydrogens is 225 g/mol. The van der Waals surface area contributed by atoms with Crippen molar-refractivity contribution >= 4 is 15.9 Å². The minimum Gasteiger partial charge on any atom is -0.375 e. The summed E-state index contributed by atoms with van der Waals surface area (Å²) in [4.78, 5) is 3.90. The van der Waals surface area contributed by atoms with Gasteiger partial charge in [-0.2, -0.15) is 0 Å². The maximum Gasteiger partial charge on any atom is 0.142 e. The first kappa shape index (κ1) is 9.61. The molecule has 66 valence electrons. The SMILES string of the molecule is CO[C@@H](C)c1ncc(F)cc1Br. The second-order valence-electron chi connectivity index (χ2n) is 2.40. The molecule has 0 aliphatic carbocycles. The number of aromatic nitrogens is 1. The molecule has 0 saturated heterocycles. The van der Waals surface area contributed by atoms with E-state index in [1.165, 1.54) is 12.3 Å². The fourth-order valence-electron chi connectivity index (χ4n) is 0.836. The lowest BCUT2D eigenvalue weighted by molar-refractivity contribution is 0.115. The first-order chi connectivity index (χ1) is 5.65. The van der Waals surface area contributed by atoms with Gasteiger partial charge in [0.25, 0.3) is 0 Å². The van der Waals surface area contributed by atoms with Crippen LogP contribution >= 0.6 is 15.9 Å². The Morgan fingerprint density at radius 3 is 2.83 bits per heavy atom. The second-order valence-corrected chi connectivity index (χ2v) is 3.25. The molecule has 12 heavy (non-hydrogen) atoms. The van der Waals surface area contributed by atoms with Crippen molar-refractivity contribution in [3.05, 3.63) is 28.2 Å². The molecule has 0 radical (unpaired) electrons. The van der Waals surface area contributed by atoms with E-state index in [1.54, 1.807) is 7.11 Å². The molecule has 1 atom stereocenters. The summed E-state index contributed by atoms with van der Waals surface area (Å²) >= 11 is 3.21. The summed E-state index contributed by atoms with van der Waals surface area (Å²) in [5, 5.41) is 0. The lowest BCUT2D eigenvalue weighted by atomic mass is 10.2. The highest BCUT2D eigenvalue weighted by Gasteiger charge is 2.10. The van der Waals surface area contributed by atoms with Crippen molar-refractivity contribution in [2.75, 3.05) is 7.11 Å². The van der Waals surface area contributed by atoms with Crippen molar-refractivity contribution < 1.29 is 9.13 Å². The normalized spacial score (nSPS) is 13.0. The number of halogens is 2. The molecule has 0 saturated carbocycles. The molecule has 0 bridgehead atoms. The highest BCUT2D eigenvalue weighted by molar-refractivity contribution is 9.10. The Balaban J connectivity index is 3.01. The van der Waals surface area contributed by atoms with Crippen molar-refractivity contribution in [2.24, 2.45) is 0 Å². The third-order valence-corrected chi connectivity index (χ3v) is 2.21. The molecule has 0 spiro atoms. The molecular formula is C8H9BrFNO. The number of hydrogen-bond acceptors (Lipinski definition) is 2. The predicted molar refractivity (Wildman–Crippen MR) is 47.3 cm³/mol. The smallest absolute Gasteiger partial charge is 0.142 e. The number of methoxy groups -OCH3 is 1. The number of ether oxygens (including phenoxy) is 1. The van der Waals surface area contributed by atoms with Gasteiger partial charge in [-0.3, -0.25) is 4.98 Å². The zero-order valence-electron chi connectivity index (χ0n) is 6.84. The number of rotatable bonds is 2. The van der Waals surface area contributed by atoms with Crippen LogP contribution in [0.4, 0.5) is 4.39 Å². The minimum atomic E-state index is -0.353. The molecule has 1 rings (SSSR count). The summed E-state index contributed by atoms with van der Waals surface area (Å²) < 4.78 is 18.3. The monoisotopic (exact) mass is 233 g/mol. The quantitative estimate of drug-likeness (QED) is 0.784. The largest absolute Gasteiger partial charge is 0.375 e. The molecule has 0 fully saturated rings. The van der Waals surface area contributed by atoms with E-state index in [-0.39, 0.29) is 11.9 Å². The van der Waals surface area contributed by atoms with Crippen LogP contribution in [0, 0.1) is 5.82 Å². The number of nitrogens with zero attached hydrogens (tertiary/aromatic N) is 1. The summed E-state index contributed by atoms with van der Waals surface area (Å²) in [5.74, 6) is -0.353. The third-order valence-electron chi connectivity index (χ3n) is 1.57. The van der Waals surface area contributed by atoms with Gasteiger partial charge in [-0.15, -0.1) is 0 Å². The Kier molecular flexibility index (Phi) is 3.17. The van der Waals surface area contributed by atoms with Crippen LogP contribution in [-0.4, -0.2) is 12.1 Å². The molecule has 0 amide bonds. The fourth-order valence-corrected chi connectivity index (χ4v) is 1.48. The van der Waals surface area contributed by atoms with Crippen molar-refractivity contribution in [1.82, 2.24) is 4.98 Å². The summed E-state index contributed by atoms with van der Waals surface area (Å²) in [5.41, 5.74) is 0.707. The molecule has 2 nitrogen and oxygen atoms in total. The maximum atomic E-state index is 12.6. The molecule has 0 N–H and O–H groups in total. The molecule has 1 heterocycles. The third kappa shape index (κ3) is 2.01. The first-order valence-electron chi connectivity index (χ1n) is 3.49. The van der Waals surface area contributed by atoms with E-state index < -0.39 is 0 Å². The number of pyridine rings is 1. The van der Waals surface area contributed by atoms with Crippen LogP contribution in [0.25, 0.3) is 0 Å². The molecule has 0 aromatic carbocycles. The van der Waals surface area contributed by atoms with Crippen LogP contribution in [0.2, 0.25) is 0 Å². The Hall–Kier alpha value is -0.480. The minimum absolute atomic E-state index is 0.125. The van der Waals surface area contributed by atoms with Crippen LogP contribution < -0.4 is 0 Å². The van der Waals surface area contributed by atoms with Crippen molar-refractivity contribution in [2.45, 2.75) is 13.0 Å². The van der Waals surface area contributed by atoms with E-state index in [9.17, 15) is 4.39 Å². The van der Waals surface area contributed by atoms with Crippen molar-refractivity contribution in [1.29, 1.82) is 0 Å². The van der Waals surface area contributed by atoms with Gasteiger partial charge in [-0.05, 0) is 28.9 Å². The van der Waals surface area contributed by atoms with E-state index in [4.69, 9.17) is 4.74 Å². The molecule has 0 aliphatic rings. The van der Waals surface area contributed by atoms with Crippen molar-refractivity contribution in [3.8, 4) is 0 Å². The molecule has 4 heteroatoms. The summed E-state index contributed by atoms with van der Waals surface area (Å²) in [6, 6.07) is 1.37. The lowest BCUT2D eigenvalue weighted by Crippen LogP contribution is -2.00. The van der Waals surface area contributed by atoms with Gasteiger partial charge in [0, 0.05) is 11.6 Å². The summed E-state index contributed by atoms with van der Waals surface area (Å²) in [6.07, 6.45) is 1.05. The Morgan fingerprint density at radius 1 is 1.67 bits per heavy atom. The Labute approximate surface area is 78.9 Å². The van der Waals surface area contributed by atoms with Crippen LogP contribution in [-0.2, 0) is 4.74 Å². The second kappa shape index (κ2) is 3.96. The molecule has 1 aromatic heterocycles. The Bertz CT molecular complexity index is 280. The van der Waals surface area contributed by atoms with Gasteiger partial charge in [0.15, 0.2) is 0 Å². The van der Waals surface area contributed by atoms with E-state index in [1.807, 2.05) is 6.92 Å². The average Bonchev–Trinajstić information content (AvgIpc) is 2.03. The Morgan fingerprint density at radius 2 is 2.33 bits per heavy atom. The summed E-state index contributed by atoms with van der Waals surface area (Å²) in [7, 11) is 1.59. The molecule has 0 aliphatic heterocycles. The molecule has 1 aromatic rings. The van der Waals surface area contributed by atoms with Gasteiger partial charge in [0.1, 0.15) is 5.82 Å². The van der Waals surface area contributed by atoms with E-state index in [0.29, 0.717) is 10.2 Å². The van der Waals surface area contributed by atoms with E-state index in [0.717, 1.165) is 0 Å². The van der Waals surface area contributed by atoms with Crippen LogP contribution in [0.3, 0.4) is 0 Å². The van der Waals surface area contributed by atoms with Crippen LogP contribution in [0.5, 0.6) is 0 Å². The highest BCUT2D eigenvalue weighted by atomic mass is 79.9. The topological polar surface area (TPSA) is 22.1 Å². The average molecular weight is 234 g/mol. The van der Waals surface area contributed by atoms with Crippen LogP contribution in [0.15, 0.2) is 16.7 Å². The highest BCUT2D eigenvalue weighted by Crippen LogP contribution is 2.23. The number of hydrogen-bond donors (Lipinski definition) is 0. The van der Waals surface area contributed by atoms with Gasteiger partial charge in [-0.1, -0.05) is 0 Å². The van der Waals surface area contributed by atoms with Gasteiger partial charge in [0.05, 0.1) is 18.0 Å². The zero-order valence-corrected chi connectivity index (χ0v) is 8.43. The van der Waals surface area contributed by atoms with Crippen molar-refractivity contribution in [3.63, 3.8) is 0 Å². The van der Waals surface area contributed by atoms with Gasteiger partial charge in [0.2, 0.25) is 0 Å². The van der Waals surface area contributed by atoms with Gasteiger partial charge < -0.3 is 4.74 Å². The van der Waals surface area contributed by atoms with E-state index >= 15 is 0 Å². The maximum absolute atomic E-state index is 12.6. The van der Waals surface area contributed by atoms with Gasteiger partial charge >= 0.3 is 0 Å². The van der Waals surface area contributed by atoms with E-state index in [2.05, 4.69) is 20.9 Å².